The maximum Gasteiger partial charge on any atom is 1.00 e. The number of halogens is 1. The second-order valence-electron chi connectivity index (χ2n) is 13.0. The number of hydrogen-bond acceptors (Lipinski definition) is 13. The summed E-state index contributed by atoms with van der Waals surface area (Å²) in [7, 11) is 9.10. The molecule has 0 saturated heterocycles. The molecule has 2 aromatic heterocycles. The van der Waals surface area contributed by atoms with Crippen LogP contribution in [0.15, 0.2) is 97.3 Å². The number of nitrogens with one attached hydrogen (secondary N) is 1. The van der Waals surface area contributed by atoms with Crippen LogP contribution in [-0.2, 0) is 9.68 Å². The first-order chi connectivity index (χ1) is 29.3. The van der Waals surface area contributed by atoms with Crippen molar-refractivity contribution in [2.45, 2.75) is 37.7 Å². The van der Waals surface area contributed by atoms with Crippen molar-refractivity contribution in [3.05, 3.63) is 120 Å². The second-order valence-corrected chi connectivity index (χ2v) is 15.5. The van der Waals surface area contributed by atoms with Crippen LogP contribution in [0.1, 0.15) is 67.5 Å². The third-order valence-corrected chi connectivity index (χ3v) is 8.33. The molecule has 2 heterocycles. The Bertz CT molecular complexity index is 2280. The molecular formula is C45H51IK2N4O11. The Hall–Kier alpha value is -3.13. The van der Waals surface area contributed by atoms with Gasteiger partial charge in [-0.2, -0.15) is 0 Å². The van der Waals surface area contributed by atoms with Crippen molar-refractivity contribution < 1.29 is 157 Å². The van der Waals surface area contributed by atoms with Crippen molar-refractivity contribution in [2.24, 2.45) is 0 Å². The zero-order chi connectivity index (χ0) is 45.1. The fourth-order valence-corrected chi connectivity index (χ4v) is 5.59. The summed E-state index contributed by atoms with van der Waals surface area (Å²) in [4.78, 5) is 49.2. The van der Waals surface area contributed by atoms with Gasteiger partial charge in [0.25, 0.3) is 6.47 Å². The largest absolute Gasteiger partial charge is 1.00 e. The minimum Gasteiger partial charge on any atom is -1.00 e. The van der Waals surface area contributed by atoms with Crippen molar-refractivity contribution in [3.8, 4) is 57.0 Å². The smallest absolute Gasteiger partial charge is 1.00 e. The molecule has 0 radical (unpaired) electrons. The van der Waals surface area contributed by atoms with Gasteiger partial charge in [0, 0.05) is 32.9 Å². The summed E-state index contributed by atoms with van der Waals surface area (Å²) in [5.74, 6) is 2.70. The number of H-pyrrole nitrogens is 1. The Morgan fingerprint density at radius 2 is 1.10 bits per heavy atom. The number of carbonyl (C=O) groups excluding carboxylic acids is 3. The minimum atomic E-state index is -0.263. The van der Waals surface area contributed by atoms with E-state index in [4.69, 9.17) is 38.5 Å². The molecule has 18 heteroatoms. The van der Waals surface area contributed by atoms with Crippen molar-refractivity contribution >= 4 is 40.6 Å². The molecular weight excluding hydrogens is 978 g/mol. The van der Waals surface area contributed by atoms with Gasteiger partial charge in [-0.25, -0.2) is 9.97 Å². The minimum absolute atomic E-state index is 0. The fraction of sp³-hybridized carbons (Fsp3) is 0.267. The Balaban J connectivity index is 0.00000102. The molecule has 0 atom stereocenters. The fourth-order valence-electron chi connectivity index (χ4n) is 5.59. The van der Waals surface area contributed by atoms with Gasteiger partial charge in [0.2, 0.25) is 23.1 Å². The zero-order valence-corrected chi connectivity index (χ0v) is 46.1. The number of aromatic nitrogens is 4. The Labute approximate surface area is 468 Å². The van der Waals surface area contributed by atoms with E-state index >= 15 is 0 Å². The van der Waals surface area contributed by atoms with Gasteiger partial charge in [-0.05, 0) is 43.7 Å². The van der Waals surface area contributed by atoms with E-state index in [1.807, 2.05) is 85.3 Å². The summed E-state index contributed by atoms with van der Waals surface area (Å²) in [6.45, 7) is 8.16. The predicted octanol–water partition coefficient (Wildman–Crippen LogP) is 2.11. The number of alkyl halides is 1. The molecule has 4 aromatic carbocycles. The molecule has 0 aliphatic heterocycles. The molecule has 326 valence electrons. The van der Waals surface area contributed by atoms with E-state index in [1.54, 1.807) is 30.5 Å². The summed E-state index contributed by atoms with van der Waals surface area (Å²) in [5.41, 5.74) is 4.26. The van der Waals surface area contributed by atoms with Crippen LogP contribution in [0.4, 0.5) is 0 Å². The molecule has 0 aliphatic rings. The Morgan fingerprint density at radius 1 is 0.698 bits per heavy atom. The van der Waals surface area contributed by atoms with Gasteiger partial charge in [0.1, 0.15) is 0 Å². The number of ether oxygens (including phenoxy) is 6. The van der Waals surface area contributed by atoms with Crippen LogP contribution in [0.2, 0.25) is 0 Å². The van der Waals surface area contributed by atoms with Crippen LogP contribution in [0.25, 0.3) is 22.5 Å². The van der Waals surface area contributed by atoms with Crippen LogP contribution >= 0.6 is 22.6 Å². The van der Waals surface area contributed by atoms with Crippen molar-refractivity contribution in [1.29, 1.82) is 0 Å². The van der Waals surface area contributed by atoms with Crippen LogP contribution in [-0.4, -0.2) is 84.1 Å². The molecule has 0 bridgehead atoms. The average molecular weight is 1030 g/mol. The van der Waals surface area contributed by atoms with E-state index in [0.717, 1.165) is 26.4 Å². The molecule has 0 spiro atoms. The molecule has 0 amide bonds. The van der Waals surface area contributed by atoms with Gasteiger partial charge in [-0.15, -0.1) is 0 Å². The Morgan fingerprint density at radius 3 is 1.46 bits per heavy atom. The number of methoxy groups -OCH3 is 6. The van der Waals surface area contributed by atoms with Crippen molar-refractivity contribution in [3.63, 3.8) is 0 Å². The number of hydrogen-bond donors (Lipinski definition) is 1. The number of benzene rings is 4. The van der Waals surface area contributed by atoms with Crippen LogP contribution < -0.4 is 136 Å². The summed E-state index contributed by atoms with van der Waals surface area (Å²) in [5, 5.41) is 8.43. The van der Waals surface area contributed by atoms with E-state index in [-0.39, 0.29) is 134 Å². The first kappa shape index (κ1) is 57.9. The van der Waals surface area contributed by atoms with Gasteiger partial charge in [-0.1, -0.05) is 97.1 Å². The Kier molecular flexibility index (Phi) is 27.7. The topological polar surface area (TPSA) is 185 Å². The summed E-state index contributed by atoms with van der Waals surface area (Å²) >= 11 is 2.34. The van der Waals surface area contributed by atoms with Crippen LogP contribution in [0.5, 0.6) is 34.5 Å². The first-order valence-electron chi connectivity index (χ1n) is 18.6. The standard InChI is InChI=1S/C22H24N2O4.C19H18N2O4.C3H7I.CH2O3.2K.H/c1-14(2)24-13-17(15-9-7-6-8-10-15)23-22(24)20(25)16-11-18(26-3)21(28-5)19(12-16)27-4;1-23-15-9-13(10-16(24-2)18(15)25-3)17(22)19-20-11-14(21-19)12-7-5-4-6-8-12;1-3(2)4;2-1-4-3;;;/h6-14H,1-5H3;4-11H,1-3H3,(H,20,21);3H,1-2H3;1,3H;;;/q;;;;2*+1;-1/p-1. The zero-order valence-electron chi connectivity index (χ0n) is 38.7. The van der Waals surface area contributed by atoms with Crippen LogP contribution in [0, 0.1) is 0 Å². The number of carbonyl (C=O) groups is 3. The average Bonchev–Trinajstić information content (AvgIpc) is 3.98. The third-order valence-electron chi connectivity index (χ3n) is 8.33. The van der Waals surface area contributed by atoms with Gasteiger partial charge < -0.3 is 49.5 Å². The van der Waals surface area contributed by atoms with Crippen LogP contribution in [0.3, 0.4) is 0 Å². The molecule has 1 N–H and O–H groups in total. The normalized spacial score (nSPS) is 9.81. The quantitative estimate of drug-likeness (QED) is 0.0319. The van der Waals surface area contributed by atoms with Gasteiger partial charge in [0.15, 0.2) is 34.6 Å². The molecule has 63 heavy (non-hydrogen) atoms. The van der Waals surface area contributed by atoms with Gasteiger partial charge in [0.05, 0.1) is 60.2 Å². The molecule has 0 aliphatic carbocycles. The van der Waals surface area contributed by atoms with E-state index in [2.05, 4.69) is 56.3 Å². The number of rotatable bonds is 14. The number of aromatic amines is 1. The predicted molar refractivity (Wildman–Crippen MR) is 239 cm³/mol. The molecule has 15 nitrogen and oxygen atoms in total. The molecule has 6 aromatic rings. The molecule has 0 saturated carbocycles. The third kappa shape index (κ3) is 16.7. The summed E-state index contributed by atoms with van der Waals surface area (Å²) in [6, 6.07) is 26.0. The number of imidazole rings is 2. The van der Waals surface area contributed by atoms with Gasteiger partial charge >= 0.3 is 103 Å². The van der Waals surface area contributed by atoms with E-state index in [1.165, 1.54) is 42.7 Å². The van der Waals surface area contributed by atoms with Gasteiger partial charge in [-0.3, -0.25) is 14.4 Å². The number of ketones is 2. The van der Waals surface area contributed by atoms with Crippen molar-refractivity contribution in [1.82, 2.24) is 19.5 Å². The maximum atomic E-state index is 13.3. The van der Waals surface area contributed by atoms with E-state index in [0.29, 0.717) is 51.4 Å². The van der Waals surface area contributed by atoms with E-state index in [9.17, 15) is 9.59 Å². The monoisotopic (exact) mass is 1030 g/mol. The first-order valence-corrected chi connectivity index (χ1v) is 19.9. The van der Waals surface area contributed by atoms with E-state index < -0.39 is 0 Å². The summed E-state index contributed by atoms with van der Waals surface area (Å²) in [6.07, 6.45) is 3.55. The molecule has 0 unspecified atom stereocenters. The SMILES string of the molecule is CC(C)I.COc1cc(C(=O)c2nc(-c3ccccc3)cn2C(C)C)cc(OC)c1OC.COc1cc(C(=O)c2ncc(-c3ccccc3)[nH]2)cc(OC)c1OC.O=CO[O-].[H-].[K+].[K+]. The number of nitrogens with zero attached hydrogens (tertiary/aromatic N) is 3. The molecule has 6 rings (SSSR count). The summed E-state index contributed by atoms with van der Waals surface area (Å²) < 4.78 is 34.6. The maximum absolute atomic E-state index is 13.3. The molecule has 0 fully saturated rings. The second kappa shape index (κ2) is 30.1. The van der Waals surface area contributed by atoms with Crippen molar-refractivity contribution in [2.75, 3.05) is 42.7 Å².